The maximum atomic E-state index is 10.5. The molecule has 0 bridgehead atoms. The van der Waals surface area contributed by atoms with Crippen molar-refractivity contribution in [3.05, 3.63) is 0 Å². The summed E-state index contributed by atoms with van der Waals surface area (Å²) in [4.78, 5) is 10.5. The van der Waals surface area contributed by atoms with Gasteiger partial charge in [0.15, 0.2) is 0 Å². The van der Waals surface area contributed by atoms with Crippen molar-refractivity contribution in [2.45, 2.75) is 39.5 Å². The van der Waals surface area contributed by atoms with Crippen LogP contribution in [0.3, 0.4) is 0 Å². The Balaban J connectivity index is -0.0000000675. The van der Waals surface area contributed by atoms with E-state index in [1.165, 1.54) is 0 Å². The van der Waals surface area contributed by atoms with E-state index in [2.05, 4.69) is 0 Å². The number of carboxylic acids is 1. The molecular weight excluding hydrogens is 174 g/mol. The summed E-state index contributed by atoms with van der Waals surface area (Å²) >= 11 is 0. The Labute approximate surface area is 122 Å². The van der Waals surface area contributed by atoms with Crippen molar-refractivity contribution in [1.82, 2.24) is 0 Å². The second kappa shape index (κ2) is 12.5. The molecule has 0 radical (unpaired) electrons. The van der Waals surface area contributed by atoms with Gasteiger partial charge in [-0.25, -0.2) is 0 Å². The van der Waals surface area contributed by atoms with E-state index in [1.54, 1.807) is 0 Å². The summed E-state index contributed by atoms with van der Waals surface area (Å²) in [7, 11) is 0. The summed E-state index contributed by atoms with van der Waals surface area (Å²) in [5.41, 5.74) is 0. The van der Waals surface area contributed by atoms with Crippen LogP contribution in [0.25, 0.3) is 0 Å². The van der Waals surface area contributed by atoms with Crippen LogP contribution >= 0.6 is 0 Å². The minimum absolute atomic E-state index is 0. The molecule has 0 aliphatic carbocycles. The second-order valence-corrected chi connectivity index (χ2v) is 2.61. The van der Waals surface area contributed by atoms with Crippen LogP contribution in [0, 0.1) is 5.92 Å². The molecule has 0 atom stereocenters. The molecule has 1 N–H and O–H groups in total. The molecule has 0 heterocycles. The van der Waals surface area contributed by atoms with Gasteiger partial charge in [-0.3, -0.25) is 4.79 Å². The van der Waals surface area contributed by atoms with E-state index < -0.39 is 5.97 Å². The Morgan fingerprint density at radius 1 is 1.25 bits per heavy atom. The third-order valence-corrected chi connectivity index (χ3v) is 1.62. The molecule has 0 aliphatic rings. The molecule has 0 aromatic carbocycles. The zero-order chi connectivity index (χ0) is 7.98. The van der Waals surface area contributed by atoms with Crippen LogP contribution in [0.4, 0.5) is 0 Å². The molecule has 0 aliphatic heterocycles. The number of rotatable bonds is 5. The van der Waals surface area contributed by atoms with Gasteiger partial charge in [-0.05, 0) is 12.8 Å². The van der Waals surface area contributed by atoms with Gasteiger partial charge in [0, 0.05) is 0 Å². The first-order valence-corrected chi connectivity index (χ1v) is 3.95. The smallest absolute Gasteiger partial charge is 1.00 e. The van der Waals surface area contributed by atoms with E-state index >= 15 is 0 Å². The molecule has 0 spiro atoms. The van der Waals surface area contributed by atoms with Crippen molar-refractivity contribution in [2.24, 2.45) is 5.92 Å². The quantitative estimate of drug-likeness (QED) is 0.459. The van der Waals surface area contributed by atoms with Gasteiger partial charge in [0.05, 0.1) is 5.92 Å². The molecule has 0 unspecified atom stereocenters. The Morgan fingerprint density at radius 2 is 1.58 bits per heavy atom. The molecule has 0 amide bonds. The third-order valence-electron chi connectivity index (χ3n) is 1.62. The summed E-state index contributed by atoms with van der Waals surface area (Å²) in [6, 6.07) is 0. The molecular formula is C8H18Na2O2. The van der Waals surface area contributed by atoms with Crippen LogP contribution in [-0.4, -0.2) is 11.1 Å². The molecule has 0 fully saturated rings. The topological polar surface area (TPSA) is 37.3 Å². The summed E-state index contributed by atoms with van der Waals surface area (Å²) < 4.78 is 0. The van der Waals surface area contributed by atoms with Gasteiger partial charge < -0.3 is 7.96 Å². The van der Waals surface area contributed by atoms with Gasteiger partial charge in [0.2, 0.25) is 0 Å². The van der Waals surface area contributed by atoms with E-state index in [9.17, 15) is 4.79 Å². The average Bonchev–Trinajstić information content (AvgIpc) is 1.87. The summed E-state index contributed by atoms with van der Waals surface area (Å²) in [5.74, 6) is -0.737. The van der Waals surface area contributed by atoms with E-state index in [4.69, 9.17) is 5.11 Å². The van der Waals surface area contributed by atoms with Gasteiger partial charge in [0.25, 0.3) is 0 Å². The summed E-state index contributed by atoms with van der Waals surface area (Å²) in [5, 5.41) is 8.64. The Morgan fingerprint density at radius 3 is 1.75 bits per heavy atom. The van der Waals surface area contributed by atoms with Crippen molar-refractivity contribution in [2.75, 3.05) is 0 Å². The van der Waals surface area contributed by atoms with Crippen LogP contribution in [0.2, 0.25) is 0 Å². The largest absolute Gasteiger partial charge is 1.00 e. The normalized spacial score (nSPS) is 8.58. The van der Waals surface area contributed by atoms with Crippen molar-refractivity contribution in [1.29, 1.82) is 0 Å². The molecule has 0 rings (SSSR count). The van der Waals surface area contributed by atoms with Crippen molar-refractivity contribution >= 4 is 5.97 Å². The Kier molecular flexibility index (Phi) is 19.9. The molecule has 64 valence electrons. The summed E-state index contributed by atoms with van der Waals surface area (Å²) in [6.07, 6.45) is 3.58. The molecule has 0 aromatic heterocycles. The predicted octanol–water partition coefficient (Wildman–Crippen LogP) is -3.48. The fourth-order valence-electron chi connectivity index (χ4n) is 1.09. The maximum Gasteiger partial charge on any atom is 1.00 e. The SMILES string of the molecule is CCCC(CCC)C(=O)O.[H-].[H-].[Na+].[Na+]. The molecule has 2 nitrogen and oxygen atoms in total. The fourth-order valence-corrected chi connectivity index (χ4v) is 1.09. The third kappa shape index (κ3) is 9.56. The van der Waals surface area contributed by atoms with E-state index in [1.807, 2.05) is 13.8 Å². The Hall–Kier alpha value is 1.47. The second-order valence-electron chi connectivity index (χ2n) is 2.61. The van der Waals surface area contributed by atoms with Crippen LogP contribution in [0.15, 0.2) is 0 Å². The molecule has 4 heteroatoms. The number of hydrogen-bond donors (Lipinski definition) is 1. The monoisotopic (exact) mass is 192 g/mol. The molecule has 0 aromatic rings. The van der Waals surface area contributed by atoms with Crippen molar-refractivity contribution in [3.63, 3.8) is 0 Å². The van der Waals surface area contributed by atoms with Crippen molar-refractivity contribution in [3.8, 4) is 0 Å². The van der Waals surface area contributed by atoms with E-state index in [0.29, 0.717) is 0 Å². The molecule has 0 saturated heterocycles. The minimum atomic E-state index is -0.635. The zero-order valence-corrected chi connectivity index (χ0v) is 12.8. The van der Waals surface area contributed by atoms with E-state index in [-0.39, 0.29) is 67.9 Å². The number of carboxylic acid groups (broad SMARTS) is 1. The van der Waals surface area contributed by atoms with Gasteiger partial charge >= 0.3 is 65.1 Å². The van der Waals surface area contributed by atoms with Crippen LogP contribution in [0.1, 0.15) is 42.4 Å². The van der Waals surface area contributed by atoms with Gasteiger partial charge in [0.1, 0.15) is 0 Å². The predicted molar refractivity (Wildman–Crippen MR) is 43.2 cm³/mol. The van der Waals surface area contributed by atoms with Crippen LogP contribution in [0.5, 0.6) is 0 Å². The standard InChI is InChI=1S/C8H16O2.2Na.2H/c1-3-5-7(6-4-2)8(9)10;;;;/h7H,3-6H2,1-2H3,(H,9,10);;;;/q;2*+1;2*-1. The fraction of sp³-hybridized carbons (Fsp3) is 0.875. The molecule has 12 heavy (non-hydrogen) atoms. The van der Waals surface area contributed by atoms with Gasteiger partial charge in [-0.15, -0.1) is 0 Å². The Bertz CT molecular complexity index is 110. The van der Waals surface area contributed by atoms with E-state index in [0.717, 1.165) is 25.7 Å². The molecule has 0 saturated carbocycles. The first-order chi connectivity index (χ1) is 4.72. The number of hydrogen-bond acceptors (Lipinski definition) is 1. The minimum Gasteiger partial charge on any atom is -1.00 e. The maximum absolute atomic E-state index is 10.5. The summed E-state index contributed by atoms with van der Waals surface area (Å²) in [6.45, 7) is 4.04. The van der Waals surface area contributed by atoms with Crippen molar-refractivity contribution < 1.29 is 71.9 Å². The van der Waals surface area contributed by atoms with Gasteiger partial charge in [-0.2, -0.15) is 0 Å². The first kappa shape index (κ1) is 19.1. The number of aliphatic carboxylic acids is 1. The number of carbonyl (C=O) groups is 1. The van der Waals surface area contributed by atoms with Crippen LogP contribution in [-0.2, 0) is 4.79 Å². The van der Waals surface area contributed by atoms with Crippen LogP contribution < -0.4 is 59.1 Å². The first-order valence-electron chi connectivity index (χ1n) is 3.95. The average molecular weight is 192 g/mol. The van der Waals surface area contributed by atoms with Gasteiger partial charge in [-0.1, -0.05) is 26.7 Å². The zero-order valence-electron chi connectivity index (χ0n) is 10.8.